The van der Waals surface area contributed by atoms with Crippen LogP contribution >= 0.6 is 24.4 Å². The van der Waals surface area contributed by atoms with Gasteiger partial charge in [-0.3, -0.25) is 14.4 Å². The van der Waals surface area contributed by atoms with Gasteiger partial charge in [-0.05, 0) is 51.2 Å². The number of unbranched alkanes of at least 4 members (excludes halogenated alkanes) is 1. The Morgan fingerprint density at radius 3 is 2.00 bits per heavy atom. The van der Waals surface area contributed by atoms with Gasteiger partial charge in [-0.2, -0.15) is 24.4 Å². The fourth-order valence-corrected chi connectivity index (χ4v) is 3.03. The molecule has 0 aliphatic carbocycles. The van der Waals surface area contributed by atoms with Crippen LogP contribution in [-0.2, 0) is 19.2 Å². The molecule has 4 unspecified atom stereocenters. The summed E-state index contributed by atoms with van der Waals surface area (Å²) in [6, 6.07) is -3.78. The highest BCUT2D eigenvalue weighted by Gasteiger charge is 2.29. The molecule has 8 N–H and O–H groups in total. The van der Waals surface area contributed by atoms with Crippen LogP contribution in [0.3, 0.4) is 0 Å². The molecule has 0 heterocycles. The Hall–Kier alpha value is -1.50. The van der Waals surface area contributed by atoms with Crippen molar-refractivity contribution in [1.82, 2.24) is 16.0 Å². The van der Waals surface area contributed by atoms with E-state index in [-0.39, 0.29) is 12.2 Å². The fraction of sp³-hybridized carbons (Fsp3) is 0.765. The standard InChI is InChI=1S/C17H33N5O5S2/c1-10(19)14(23)20-11(6-8-29-2)15(24)22-13(9-28)16(25)21-12(17(26)27)5-3-4-7-18/h10-13,28H,3-9,18-19H2,1-2H3,(H,20,23)(H,21,25)(H,22,24)(H,26,27). The van der Waals surface area contributed by atoms with Crippen LogP contribution in [0.1, 0.15) is 32.6 Å². The van der Waals surface area contributed by atoms with Crippen LogP contribution in [0.4, 0.5) is 0 Å². The number of nitrogens with one attached hydrogen (secondary N) is 3. The summed E-state index contributed by atoms with van der Waals surface area (Å²) >= 11 is 5.58. The molecule has 29 heavy (non-hydrogen) atoms. The lowest BCUT2D eigenvalue weighted by atomic mass is 10.1. The molecule has 4 atom stereocenters. The van der Waals surface area contributed by atoms with Crippen molar-refractivity contribution < 1.29 is 24.3 Å². The fourth-order valence-electron chi connectivity index (χ4n) is 2.30. The van der Waals surface area contributed by atoms with Crippen molar-refractivity contribution in [2.45, 2.75) is 56.8 Å². The van der Waals surface area contributed by atoms with Crippen molar-refractivity contribution in [3.63, 3.8) is 0 Å². The molecule has 0 aliphatic rings. The maximum atomic E-state index is 12.6. The van der Waals surface area contributed by atoms with E-state index in [9.17, 15) is 24.3 Å². The zero-order chi connectivity index (χ0) is 22.4. The number of nitrogens with two attached hydrogens (primary N) is 2. The van der Waals surface area contributed by atoms with Crippen LogP contribution in [0.2, 0.25) is 0 Å². The van der Waals surface area contributed by atoms with E-state index in [1.807, 2.05) is 6.26 Å². The highest BCUT2D eigenvalue weighted by Crippen LogP contribution is 2.04. The van der Waals surface area contributed by atoms with Crippen molar-refractivity contribution in [3.05, 3.63) is 0 Å². The normalized spacial score (nSPS) is 14.9. The molecule has 0 fully saturated rings. The molecule has 0 aromatic rings. The monoisotopic (exact) mass is 451 g/mol. The Bertz CT molecular complexity index is 550. The molecule has 0 saturated carbocycles. The zero-order valence-corrected chi connectivity index (χ0v) is 18.6. The van der Waals surface area contributed by atoms with Crippen molar-refractivity contribution in [2.75, 3.05) is 24.3 Å². The molecule has 0 spiro atoms. The number of carbonyl (C=O) groups excluding carboxylic acids is 3. The number of thiol groups is 1. The van der Waals surface area contributed by atoms with Gasteiger partial charge in [0.05, 0.1) is 6.04 Å². The number of carboxylic acids is 1. The summed E-state index contributed by atoms with van der Waals surface area (Å²) in [5, 5.41) is 16.8. The van der Waals surface area contributed by atoms with Gasteiger partial charge < -0.3 is 32.5 Å². The highest BCUT2D eigenvalue weighted by molar-refractivity contribution is 7.98. The molecular weight excluding hydrogens is 418 g/mol. The van der Waals surface area contributed by atoms with Crippen molar-refractivity contribution >= 4 is 48.1 Å². The Kier molecular flexibility index (Phi) is 14.6. The van der Waals surface area contributed by atoms with Crippen LogP contribution in [0.15, 0.2) is 0 Å². The van der Waals surface area contributed by atoms with Crippen molar-refractivity contribution in [2.24, 2.45) is 11.5 Å². The Morgan fingerprint density at radius 1 is 0.966 bits per heavy atom. The van der Waals surface area contributed by atoms with Crippen molar-refractivity contribution in [1.29, 1.82) is 0 Å². The molecule has 12 heteroatoms. The average molecular weight is 452 g/mol. The third-order valence-corrected chi connectivity index (χ3v) is 5.04. The van der Waals surface area contributed by atoms with E-state index in [4.69, 9.17) is 11.5 Å². The summed E-state index contributed by atoms with van der Waals surface area (Å²) in [5.74, 6) is -2.29. The Balaban J connectivity index is 5.02. The van der Waals surface area contributed by atoms with E-state index in [0.29, 0.717) is 31.6 Å². The molecule has 168 valence electrons. The Morgan fingerprint density at radius 2 is 1.52 bits per heavy atom. The van der Waals surface area contributed by atoms with Crippen LogP contribution < -0.4 is 27.4 Å². The zero-order valence-electron chi connectivity index (χ0n) is 16.8. The predicted molar refractivity (Wildman–Crippen MR) is 117 cm³/mol. The predicted octanol–water partition coefficient (Wildman–Crippen LogP) is -1.32. The number of carbonyl (C=O) groups is 4. The number of carboxylic acid groups (broad SMARTS) is 1. The molecule has 0 bridgehead atoms. The van der Waals surface area contributed by atoms with Gasteiger partial charge in [0.25, 0.3) is 0 Å². The molecule has 0 radical (unpaired) electrons. The van der Waals surface area contributed by atoms with Crippen LogP contribution in [0, 0.1) is 0 Å². The molecule has 0 aliphatic heterocycles. The van der Waals surface area contributed by atoms with E-state index >= 15 is 0 Å². The van der Waals surface area contributed by atoms with Gasteiger partial charge in [-0.1, -0.05) is 0 Å². The molecule has 10 nitrogen and oxygen atoms in total. The highest BCUT2D eigenvalue weighted by atomic mass is 32.2. The lowest BCUT2D eigenvalue weighted by Gasteiger charge is -2.24. The number of thioether (sulfide) groups is 1. The molecule has 0 aromatic heterocycles. The minimum Gasteiger partial charge on any atom is -0.480 e. The van der Waals surface area contributed by atoms with Gasteiger partial charge in [0.1, 0.15) is 18.1 Å². The first-order valence-corrected chi connectivity index (χ1v) is 11.4. The number of hydrogen-bond donors (Lipinski definition) is 7. The molecule has 0 aromatic carbocycles. The molecule has 0 rings (SSSR count). The van der Waals surface area contributed by atoms with E-state index in [1.54, 1.807) is 0 Å². The van der Waals surface area contributed by atoms with Gasteiger partial charge in [0.15, 0.2) is 0 Å². The quantitative estimate of drug-likeness (QED) is 0.118. The van der Waals surface area contributed by atoms with Gasteiger partial charge >= 0.3 is 5.97 Å². The molecule has 0 saturated heterocycles. The minimum absolute atomic E-state index is 0.0385. The second kappa shape index (κ2) is 15.4. The summed E-state index contributed by atoms with van der Waals surface area (Å²) in [6.45, 7) is 1.93. The summed E-state index contributed by atoms with van der Waals surface area (Å²) in [6.07, 6.45) is 3.63. The topological polar surface area (TPSA) is 177 Å². The maximum absolute atomic E-state index is 12.6. The number of hydrogen-bond acceptors (Lipinski definition) is 8. The first kappa shape index (κ1) is 27.5. The second-order valence-electron chi connectivity index (χ2n) is 6.56. The molecule has 3 amide bonds. The van der Waals surface area contributed by atoms with E-state index in [0.717, 1.165) is 0 Å². The van der Waals surface area contributed by atoms with E-state index < -0.39 is 47.9 Å². The smallest absolute Gasteiger partial charge is 0.326 e. The van der Waals surface area contributed by atoms with Crippen LogP contribution in [0.25, 0.3) is 0 Å². The average Bonchev–Trinajstić information content (AvgIpc) is 2.67. The SMILES string of the molecule is CSCCC(NC(=O)C(C)N)C(=O)NC(CS)C(=O)NC(CCCCN)C(=O)O. The maximum Gasteiger partial charge on any atom is 0.326 e. The van der Waals surface area contributed by atoms with Gasteiger partial charge in [-0.15, -0.1) is 0 Å². The summed E-state index contributed by atoms with van der Waals surface area (Å²) in [4.78, 5) is 48.3. The van der Waals surface area contributed by atoms with E-state index in [2.05, 4.69) is 28.6 Å². The Labute approximate surface area is 181 Å². The summed E-state index contributed by atoms with van der Waals surface area (Å²) < 4.78 is 0. The summed E-state index contributed by atoms with van der Waals surface area (Å²) in [7, 11) is 0. The first-order valence-electron chi connectivity index (χ1n) is 9.37. The van der Waals surface area contributed by atoms with Gasteiger partial charge in [-0.25, -0.2) is 4.79 Å². The lowest BCUT2D eigenvalue weighted by Crippen LogP contribution is -2.57. The van der Waals surface area contributed by atoms with Gasteiger partial charge in [0.2, 0.25) is 17.7 Å². The van der Waals surface area contributed by atoms with Crippen molar-refractivity contribution in [3.8, 4) is 0 Å². The van der Waals surface area contributed by atoms with E-state index in [1.165, 1.54) is 18.7 Å². The first-order chi connectivity index (χ1) is 13.7. The third kappa shape index (κ3) is 11.3. The second-order valence-corrected chi connectivity index (χ2v) is 7.91. The largest absolute Gasteiger partial charge is 0.480 e. The number of amides is 3. The van der Waals surface area contributed by atoms with Gasteiger partial charge in [0, 0.05) is 5.75 Å². The lowest BCUT2D eigenvalue weighted by molar-refractivity contribution is -0.142. The number of rotatable bonds is 15. The van der Waals surface area contributed by atoms with Crippen LogP contribution in [0.5, 0.6) is 0 Å². The van der Waals surface area contributed by atoms with Crippen LogP contribution in [-0.4, -0.2) is 77.3 Å². The summed E-state index contributed by atoms with van der Waals surface area (Å²) in [5.41, 5.74) is 10.9. The third-order valence-electron chi connectivity index (χ3n) is 4.03. The minimum atomic E-state index is -1.17. The number of aliphatic carboxylic acids is 1. The molecular formula is C17H33N5O5S2.